The van der Waals surface area contributed by atoms with Gasteiger partial charge in [0.05, 0.1) is 36.1 Å². The molecular formula is C21H15F3N4O3S. The number of fused-ring (bicyclic) bond motifs is 1. The number of imidazole rings is 1. The van der Waals surface area contributed by atoms with E-state index in [2.05, 4.69) is 9.97 Å². The number of thiazole rings is 1. The number of hydrogen-bond donors (Lipinski definition) is 1. The van der Waals surface area contributed by atoms with Gasteiger partial charge in [-0.15, -0.1) is 11.3 Å². The molecule has 0 saturated carbocycles. The lowest BCUT2D eigenvalue weighted by Crippen LogP contribution is -2.24. The fourth-order valence-electron chi connectivity index (χ4n) is 3.96. The predicted octanol–water partition coefficient (Wildman–Crippen LogP) is 4.16. The zero-order valence-electron chi connectivity index (χ0n) is 16.3. The molecule has 11 heteroatoms. The van der Waals surface area contributed by atoms with Crippen LogP contribution in [0.2, 0.25) is 0 Å². The Balaban J connectivity index is 1.77. The molecular weight excluding hydrogens is 445 g/mol. The number of halogens is 3. The SMILES string of the molecule is O=CN1CC=C(c2nccs2)C1c1nc2c(C(F)(F)F)cc(-c3ccoc3)cn2c1CO. The molecule has 32 heavy (non-hydrogen) atoms. The number of nitrogens with zero attached hydrogens (tertiary/aromatic N) is 4. The number of aromatic nitrogens is 3. The van der Waals surface area contributed by atoms with Gasteiger partial charge in [0.2, 0.25) is 6.41 Å². The fourth-order valence-corrected chi connectivity index (χ4v) is 4.66. The Morgan fingerprint density at radius 2 is 2.19 bits per heavy atom. The zero-order chi connectivity index (χ0) is 22.5. The van der Waals surface area contributed by atoms with E-state index in [1.54, 1.807) is 23.7 Å². The largest absolute Gasteiger partial charge is 0.472 e. The summed E-state index contributed by atoms with van der Waals surface area (Å²) in [6.07, 6.45) is 3.52. The molecule has 1 aliphatic rings. The maximum atomic E-state index is 14.0. The van der Waals surface area contributed by atoms with Crippen LogP contribution in [-0.4, -0.2) is 37.3 Å². The molecule has 4 aromatic heterocycles. The molecule has 0 saturated heterocycles. The van der Waals surface area contributed by atoms with E-state index in [1.165, 1.54) is 39.4 Å². The third-order valence-electron chi connectivity index (χ3n) is 5.38. The van der Waals surface area contributed by atoms with Crippen molar-refractivity contribution >= 4 is 29.0 Å². The summed E-state index contributed by atoms with van der Waals surface area (Å²) in [6, 6.07) is 1.78. The van der Waals surface area contributed by atoms with Crippen molar-refractivity contribution < 1.29 is 27.5 Å². The Morgan fingerprint density at radius 1 is 1.34 bits per heavy atom. The molecule has 5 rings (SSSR count). The van der Waals surface area contributed by atoms with Crippen molar-refractivity contribution in [1.29, 1.82) is 0 Å². The molecule has 0 spiro atoms. The summed E-state index contributed by atoms with van der Waals surface area (Å²) < 4.78 is 48.2. The van der Waals surface area contributed by atoms with Crippen LogP contribution in [0.5, 0.6) is 0 Å². The highest BCUT2D eigenvalue weighted by molar-refractivity contribution is 7.10. The van der Waals surface area contributed by atoms with E-state index >= 15 is 0 Å². The number of aliphatic hydroxyl groups is 1. The second-order valence-corrected chi connectivity index (χ2v) is 8.04. The highest BCUT2D eigenvalue weighted by Crippen LogP contribution is 2.42. The van der Waals surface area contributed by atoms with Gasteiger partial charge in [-0.05, 0) is 12.1 Å². The average Bonchev–Trinajstić information content (AvgIpc) is 3.56. The number of amides is 1. The van der Waals surface area contributed by atoms with E-state index in [-0.39, 0.29) is 29.1 Å². The monoisotopic (exact) mass is 460 g/mol. The lowest BCUT2D eigenvalue weighted by molar-refractivity contribution is -0.136. The third kappa shape index (κ3) is 3.21. The van der Waals surface area contributed by atoms with E-state index in [9.17, 15) is 23.1 Å². The summed E-state index contributed by atoms with van der Waals surface area (Å²) in [6.45, 7) is -0.314. The topological polar surface area (TPSA) is 83.9 Å². The molecule has 1 N–H and O–H groups in total. The summed E-state index contributed by atoms with van der Waals surface area (Å²) in [4.78, 5) is 21.7. The van der Waals surface area contributed by atoms with Gasteiger partial charge in [-0.3, -0.25) is 4.79 Å². The van der Waals surface area contributed by atoms with Crippen molar-refractivity contribution in [1.82, 2.24) is 19.3 Å². The van der Waals surface area contributed by atoms with Crippen LogP contribution in [0.4, 0.5) is 13.2 Å². The van der Waals surface area contributed by atoms with Crippen LogP contribution in [0.3, 0.4) is 0 Å². The van der Waals surface area contributed by atoms with Crippen molar-refractivity contribution in [2.24, 2.45) is 0 Å². The first-order chi connectivity index (χ1) is 15.4. The zero-order valence-corrected chi connectivity index (χ0v) is 17.1. The summed E-state index contributed by atoms with van der Waals surface area (Å²) in [7, 11) is 0. The number of carbonyl (C=O) groups is 1. The molecule has 164 valence electrons. The number of hydrogen-bond acceptors (Lipinski definition) is 6. The van der Waals surface area contributed by atoms with Gasteiger partial charge < -0.3 is 18.8 Å². The van der Waals surface area contributed by atoms with Crippen molar-refractivity contribution in [3.05, 3.63) is 70.5 Å². The molecule has 5 heterocycles. The van der Waals surface area contributed by atoms with Crippen LogP contribution in [0.1, 0.15) is 28.0 Å². The van der Waals surface area contributed by atoms with Gasteiger partial charge >= 0.3 is 6.18 Å². The Kier molecular flexibility index (Phi) is 4.86. The predicted molar refractivity (Wildman–Crippen MR) is 109 cm³/mol. The summed E-state index contributed by atoms with van der Waals surface area (Å²) in [5, 5.41) is 12.6. The minimum atomic E-state index is -4.69. The molecule has 1 atom stereocenters. The van der Waals surface area contributed by atoms with Gasteiger partial charge in [0.15, 0.2) is 0 Å². The van der Waals surface area contributed by atoms with Crippen LogP contribution in [0.25, 0.3) is 22.3 Å². The number of rotatable bonds is 5. The van der Waals surface area contributed by atoms with Gasteiger partial charge in [-0.25, -0.2) is 9.97 Å². The quantitative estimate of drug-likeness (QED) is 0.452. The fraction of sp³-hybridized carbons (Fsp3) is 0.190. The highest BCUT2D eigenvalue weighted by Gasteiger charge is 2.39. The van der Waals surface area contributed by atoms with Gasteiger partial charge in [0, 0.05) is 41.0 Å². The lowest BCUT2D eigenvalue weighted by Gasteiger charge is -2.22. The number of carbonyl (C=O) groups excluding carboxylic acids is 1. The number of aliphatic hydroxyl groups excluding tert-OH is 1. The number of alkyl halides is 3. The Bertz CT molecular complexity index is 1310. The first kappa shape index (κ1) is 20.5. The Morgan fingerprint density at radius 3 is 2.81 bits per heavy atom. The van der Waals surface area contributed by atoms with Crippen molar-refractivity contribution in [3.63, 3.8) is 0 Å². The van der Waals surface area contributed by atoms with E-state index in [0.29, 0.717) is 22.6 Å². The first-order valence-corrected chi connectivity index (χ1v) is 10.4. The van der Waals surface area contributed by atoms with Crippen LogP contribution in [-0.2, 0) is 17.6 Å². The molecule has 7 nitrogen and oxygen atoms in total. The van der Waals surface area contributed by atoms with Crippen molar-refractivity contribution in [2.45, 2.75) is 18.8 Å². The standard InChI is InChI=1S/C21H15F3N4O3S/c22-21(23,24)15-7-13(12-2-5-31-10-12)8-28-16(9-29)17(26-19(15)28)18-14(1-4-27(18)11-30)20-25-3-6-32-20/h1-3,5-8,10-11,18,29H,4,9H2. The Labute approximate surface area is 183 Å². The van der Waals surface area contributed by atoms with E-state index in [4.69, 9.17) is 4.42 Å². The van der Waals surface area contributed by atoms with Crippen molar-refractivity contribution in [3.8, 4) is 11.1 Å². The van der Waals surface area contributed by atoms with Crippen LogP contribution >= 0.6 is 11.3 Å². The third-order valence-corrected chi connectivity index (χ3v) is 6.20. The molecule has 1 unspecified atom stereocenters. The minimum absolute atomic E-state index is 0.164. The lowest BCUT2D eigenvalue weighted by atomic mass is 10.0. The highest BCUT2D eigenvalue weighted by atomic mass is 32.1. The average molecular weight is 460 g/mol. The molecule has 1 aliphatic heterocycles. The second-order valence-electron chi connectivity index (χ2n) is 7.15. The van der Waals surface area contributed by atoms with Crippen molar-refractivity contribution in [2.75, 3.05) is 6.54 Å². The molecule has 0 radical (unpaired) electrons. The molecule has 0 aromatic carbocycles. The van der Waals surface area contributed by atoms with Crippen LogP contribution < -0.4 is 0 Å². The van der Waals surface area contributed by atoms with Gasteiger partial charge in [0.1, 0.15) is 16.7 Å². The number of furan rings is 1. The molecule has 1 amide bonds. The summed E-state index contributed by atoms with van der Waals surface area (Å²) >= 11 is 1.35. The molecule has 0 fully saturated rings. The van der Waals surface area contributed by atoms with Gasteiger partial charge in [0.25, 0.3) is 0 Å². The first-order valence-electron chi connectivity index (χ1n) is 9.49. The molecule has 4 aromatic rings. The number of pyridine rings is 1. The van der Waals surface area contributed by atoms with E-state index in [1.807, 2.05) is 0 Å². The van der Waals surface area contributed by atoms with E-state index < -0.39 is 24.4 Å². The normalized spacial score (nSPS) is 16.7. The van der Waals surface area contributed by atoms with Gasteiger partial charge in [-0.1, -0.05) is 6.08 Å². The summed E-state index contributed by atoms with van der Waals surface area (Å²) in [5.74, 6) is 0. The second kappa shape index (κ2) is 7.61. The minimum Gasteiger partial charge on any atom is -0.472 e. The Hall–Kier alpha value is -3.44. The van der Waals surface area contributed by atoms with Crippen LogP contribution in [0.15, 0.2) is 52.9 Å². The van der Waals surface area contributed by atoms with Gasteiger partial charge in [-0.2, -0.15) is 13.2 Å². The molecule has 0 aliphatic carbocycles. The maximum absolute atomic E-state index is 14.0. The summed E-state index contributed by atoms with van der Waals surface area (Å²) in [5.41, 5.74) is 0.411. The van der Waals surface area contributed by atoms with E-state index in [0.717, 1.165) is 6.07 Å². The maximum Gasteiger partial charge on any atom is 0.420 e. The molecule has 0 bridgehead atoms. The smallest absolute Gasteiger partial charge is 0.420 e. The van der Waals surface area contributed by atoms with Crippen LogP contribution in [0, 0.1) is 0 Å².